The molecule has 0 saturated carbocycles. The van der Waals surface area contributed by atoms with Crippen LogP contribution < -0.4 is 16.0 Å². The maximum atomic E-state index is 14.0. The first-order valence-corrected chi connectivity index (χ1v) is 5.81. The molecule has 0 aliphatic rings. The SMILES string of the molecule is COc1ccc(C(NN)c2ccc(F)cc2F)c(F)c1. The minimum absolute atomic E-state index is 0.0537. The molecule has 20 heavy (non-hydrogen) atoms. The van der Waals surface area contributed by atoms with Gasteiger partial charge in [-0.2, -0.15) is 0 Å². The summed E-state index contributed by atoms with van der Waals surface area (Å²) in [6.07, 6.45) is 0. The number of ether oxygens (including phenoxy) is 1. The number of halogens is 3. The van der Waals surface area contributed by atoms with Crippen LogP contribution in [-0.2, 0) is 0 Å². The molecule has 1 unspecified atom stereocenters. The quantitative estimate of drug-likeness (QED) is 0.669. The zero-order chi connectivity index (χ0) is 14.7. The Morgan fingerprint density at radius 2 is 1.60 bits per heavy atom. The minimum Gasteiger partial charge on any atom is -0.497 e. The molecule has 0 radical (unpaired) electrons. The topological polar surface area (TPSA) is 47.3 Å². The molecule has 6 heteroatoms. The molecule has 1 atom stereocenters. The van der Waals surface area contributed by atoms with E-state index in [2.05, 4.69) is 5.43 Å². The Morgan fingerprint density at radius 1 is 1.00 bits per heavy atom. The summed E-state index contributed by atoms with van der Waals surface area (Å²) < 4.78 is 45.6. The van der Waals surface area contributed by atoms with Crippen molar-refractivity contribution >= 4 is 0 Å². The molecule has 0 saturated heterocycles. The fourth-order valence-electron chi connectivity index (χ4n) is 1.95. The van der Waals surface area contributed by atoms with Gasteiger partial charge in [-0.05, 0) is 12.1 Å². The van der Waals surface area contributed by atoms with Gasteiger partial charge in [0.15, 0.2) is 0 Å². The van der Waals surface area contributed by atoms with E-state index in [4.69, 9.17) is 10.6 Å². The maximum Gasteiger partial charge on any atom is 0.132 e. The standard InChI is InChI=1S/C14H13F3N2O/c1-20-9-3-5-11(13(17)7-9)14(19-18)10-4-2-8(15)6-12(10)16/h2-7,14,19H,18H2,1H3. The molecule has 3 nitrogen and oxygen atoms in total. The van der Waals surface area contributed by atoms with Crippen LogP contribution in [0.2, 0.25) is 0 Å². The van der Waals surface area contributed by atoms with E-state index in [0.29, 0.717) is 5.75 Å². The molecule has 3 N–H and O–H groups in total. The number of nitrogens with two attached hydrogens (primary N) is 1. The van der Waals surface area contributed by atoms with Crippen LogP contribution in [0.5, 0.6) is 5.75 Å². The lowest BCUT2D eigenvalue weighted by atomic mass is 9.98. The molecular formula is C14H13F3N2O. The molecular weight excluding hydrogens is 269 g/mol. The van der Waals surface area contributed by atoms with Crippen molar-refractivity contribution in [3.63, 3.8) is 0 Å². The zero-order valence-corrected chi connectivity index (χ0v) is 10.7. The maximum absolute atomic E-state index is 14.0. The number of methoxy groups -OCH3 is 1. The van der Waals surface area contributed by atoms with E-state index in [1.165, 1.54) is 31.4 Å². The first kappa shape index (κ1) is 14.4. The average molecular weight is 282 g/mol. The molecule has 0 aliphatic carbocycles. The van der Waals surface area contributed by atoms with Gasteiger partial charge in [0.25, 0.3) is 0 Å². The molecule has 2 rings (SSSR count). The van der Waals surface area contributed by atoms with Crippen LogP contribution in [-0.4, -0.2) is 7.11 Å². The van der Waals surface area contributed by atoms with Crippen molar-refractivity contribution in [2.75, 3.05) is 7.11 Å². The third-order valence-electron chi connectivity index (χ3n) is 2.96. The van der Waals surface area contributed by atoms with E-state index in [0.717, 1.165) is 12.1 Å². The minimum atomic E-state index is -0.929. The third-order valence-corrected chi connectivity index (χ3v) is 2.96. The number of nitrogens with one attached hydrogen (secondary N) is 1. The Bertz CT molecular complexity index is 619. The molecule has 0 spiro atoms. The highest BCUT2D eigenvalue weighted by Crippen LogP contribution is 2.28. The Kier molecular flexibility index (Phi) is 4.26. The summed E-state index contributed by atoms with van der Waals surface area (Å²) in [7, 11) is 1.41. The normalized spacial score (nSPS) is 12.2. The zero-order valence-electron chi connectivity index (χ0n) is 10.7. The van der Waals surface area contributed by atoms with Gasteiger partial charge in [-0.1, -0.05) is 12.1 Å². The van der Waals surface area contributed by atoms with Gasteiger partial charge in [-0.3, -0.25) is 5.84 Å². The molecule has 0 fully saturated rings. The van der Waals surface area contributed by atoms with E-state index in [1.54, 1.807) is 0 Å². The Labute approximate surface area is 114 Å². The summed E-state index contributed by atoms with van der Waals surface area (Å²) in [5.74, 6) is 3.60. The first-order valence-electron chi connectivity index (χ1n) is 5.81. The molecule has 0 heterocycles. The molecule has 2 aromatic rings. The van der Waals surface area contributed by atoms with Crippen LogP contribution in [0.3, 0.4) is 0 Å². The summed E-state index contributed by atoms with van der Waals surface area (Å²) in [5.41, 5.74) is 2.52. The molecule has 2 aromatic carbocycles. The second kappa shape index (κ2) is 5.94. The molecule has 0 aromatic heterocycles. The van der Waals surface area contributed by atoms with E-state index >= 15 is 0 Å². The van der Waals surface area contributed by atoms with Crippen LogP contribution in [0.25, 0.3) is 0 Å². The smallest absolute Gasteiger partial charge is 0.132 e. The van der Waals surface area contributed by atoms with Crippen molar-refractivity contribution in [1.29, 1.82) is 0 Å². The summed E-state index contributed by atoms with van der Waals surface area (Å²) in [6, 6.07) is 6.23. The number of benzene rings is 2. The largest absolute Gasteiger partial charge is 0.497 e. The van der Waals surface area contributed by atoms with Crippen molar-refractivity contribution in [3.8, 4) is 5.75 Å². The lowest BCUT2D eigenvalue weighted by Crippen LogP contribution is -2.30. The summed E-state index contributed by atoms with van der Waals surface area (Å²) in [4.78, 5) is 0. The summed E-state index contributed by atoms with van der Waals surface area (Å²) in [5, 5.41) is 0. The second-order valence-electron chi connectivity index (χ2n) is 4.15. The van der Waals surface area contributed by atoms with Gasteiger partial charge in [0.05, 0.1) is 13.2 Å². The number of rotatable bonds is 4. The van der Waals surface area contributed by atoms with Crippen molar-refractivity contribution < 1.29 is 17.9 Å². The Hall–Kier alpha value is -2.05. The van der Waals surface area contributed by atoms with Crippen LogP contribution in [0.15, 0.2) is 36.4 Å². The third kappa shape index (κ3) is 2.76. The van der Waals surface area contributed by atoms with Gasteiger partial charge in [-0.25, -0.2) is 18.6 Å². The summed E-state index contributed by atoms with van der Waals surface area (Å²) >= 11 is 0. The van der Waals surface area contributed by atoms with E-state index in [9.17, 15) is 13.2 Å². The lowest BCUT2D eigenvalue weighted by molar-refractivity contribution is 0.409. The van der Waals surface area contributed by atoms with E-state index in [-0.39, 0.29) is 11.1 Å². The van der Waals surface area contributed by atoms with Gasteiger partial charge in [0.1, 0.15) is 23.2 Å². The van der Waals surface area contributed by atoms with Gasteiger partial charge < -0.3 is 4.74 Å². The molecule has 0 amide bonds. The number of hydrogen-bond donors (Lipinski definition) is 2. The molecule has 0 aliphatic heterocycles. The van der Waals surface area contributed by atoms with Crippen molar-refractivity contribution in [2.24, 2.45) is 5.84 Å². The number of hydrazine groups is 1. The number of hydrogen-bond acceptors (Lipinski definition) is 3. The highest BCUT2D eigenvalue weighted by molar-refractivity contribution is 5.37. The van der Waals surface area contributed by atoms with Crippen molar-refractivity contribution in [2.45, 2.75) is 6.04 Å². The highest BCUT2D eigenvalue weighted by Gasteiger charge is 2.20. The van der Waals surface area contributed by atoms with Crippen LogP contribution in [0.4, 0.5) is 13.2 Å². The van der Waals surface area contributed by atoms with E-state index < -0.39 is 23.5 Å². The van der Waals surface area contributed by atoms with Crippen LogP contribution in [0, 0.1) is 17.5 Å². The van der Waals surface area contributed by atoms with Crippen LogP contribution in [0.1, 0.15) is 17.2 Å². The predicted octanol–water partition coefficient (Wildman–Crippen LogP) is 2.67. The highest BCUT2D eigenvalue weighted by atomic mass is 19.1. The Morgan fingerprint density at radius 3 is 2.10 bits per heavy atom. The molecule has 0 bridgehead atoms. The van der Waals surface area contributed by atoms with Gasteiger partial charge >= 0.3 is 0 Å². The molecule has 106 valence electrons. The monoisotopic (exact) mass is 282 g/mol. The fraction of sp³-hybridized carbons (Fsp3) is 0.143. The van der Waals surface area contributed by atoms with Gasteiger partial charge in [-0.15, -0.1) is 0 Å². The lowest BCUT2D eigenvalue weighted by Gasteiger charge is -2.18. The first-order chi connectivity index (χ1) is 9.56. The summed E-state index contributed by atoms with van der Waals surface area (Å²) in [6.45, 7) is 0. The van der Waals surface area contributed by atoms with Gasteiger partial charge in [0.2, 0.25) is 0 Å². The second-order valence-corrected chi connectivity index (χ2v) is 4.15. The van der Waals surface area contributed by atoms with Crippen molar-refractivity contribution in [1.82, 2.24) is 5.43 Å². The van der Waals surface area contributed by atoms with E-state index in [1.807, 2.05) is 0 Å². The predicted molar refractivity (Wildman–Crippen MR) is 68.5 cm³/mol. The Balaban J connectivity index is 2.47. The average Bonchev–Trinajstić information content (AvgIpc) is 2.43. The van der Waals surface area contributed by atoms with Gasteiger partial charge in [0, 0.05) is 23.3 Å². The van der Waals surface area contributed by atoms with Crippen LogP contribution >= 0.6 is 0 Å². The fourth-order valence-corrected chi connectivity index (χ4v) is 1.95. The van der Waals surface area contributed by atoms with Crippen molar-refractivity contribution in [3.05, 3.63) is 65.0 Å².